The number of nitrogens with two attached hydrogens (primary N) is 1. The van der Waals surface area contributed by atoms with Crippen LogP contribution >= 0.6 is 0 Å². The summed E-state index contributed by atoms with van der Waals surface area (Å²) >= 11 is 0. The Morgan fingerprint density at radius 1 is 1.30 bits per heavy atom. The van der Waals surface area contributed by atoms with E-state index < -0.39 is 26.6 Å². The summed E-state index contributed by atoms with van der Waals surface area (Å²) in [4.78, 5) is -0.738. The number of halogens is 2. The SMILES string of the molecule is Nc1cc(F)c(F)c(S(=O)(=O)N2CCC(CO)CC2)c1. The van der Waals surface area contributed by atoms with Crippen LogP contribution in [0.1, 0.15) is 12.8 Å². The van der Waals surface area contributed by atoms with Crippen molar-refractivity contribution in [3.63, 3.8) is 0 Å². The van der Waals surface area contributed by atoms with Gasteiger partial charge in [-0.1, -0.05) is 0 Å². The molecule has 1 heterocycles. The molecule has 8 heteroatoms. The molecule has 1 aliphatic rings. The molecule has 1 aromatic carbocycles. The quantitative estimate of drug-likeness (QED) is 0.814. The van der Waals surface area contributed by atoms with Crippen LogP contribution in [0.25, 0.3) is 0 Å². The van der Waals surface area contributed by atoms with Gasteiger partial charge in [0.25, 0.3) is 0 Å². The minimum Gasteiger partial charge on any atom is -0.399 e. The lowest BCUT2D eigenvalue weighted by Crippen LogP contribution is -2.39. The number of nitrogen functional groups attached to an aromatic ring is 1. The molecule has 0 amide bonds. The van der Waals surface area contributed by atoms with Gasteiger partial charge in [-0.2, -0.15) is 4.31 Å². The summed E-state index contributed by atoms with van der Waals surface area (Å²) in [7, 11) is -4.11. The average Bonchev–Trinajstić information content (AvgIpc) is 2.42. The first-order valence-electron chi connectivity index (χ1n) is 6.21. The van der Waals surface area contributed by atoms with Crippen LogP contribution in [0.4, 0.5) is 14.5 Å². The lowest BCUT2D eigenvalue weighted by molar-refractivity contribution is 0.170. The standard InChI is InChI=1S/C12H16F2N2O3S/c13-10-5-9(15)6-11(12(10)14)20(18,19)16-3-1-8(7-17)2-4-16/h5-6,8,17H,1-4,7,15H2. The van der Waals surface area contributed by atoms with Crippen molar-refractivity contribution in [2.45, 2.75) is 17.7 Å². The zero-order valence-electron chi connectivity index (χ0n) is 10.7. The summed E-state index contributed by atoms with van der Waals surface area (Å²) in [5.74, 6) is -2.65. The first-order chi connectivity index (χ1) is 9.36. The van der Waals surface area contributed by atoms with Crippen molar-refractivity contribution >= 4 is 15.7 Å². The number of aliphatic hydroxyl groups is 1. The molecule has 1 aromatic rings. The predicted molar refractivity (Wildman–Crippen MR) is 69.3 cm³/mol. The monoisotopic (exact) mass is 306 g/mol. The van der Waals surface area contributed by atoms with Gasteiger partial charge in [0, 0.05) is 25.4 Å². The van der Waals surface area contributed by atoms with E-state index in [1.165, 1.54) is 0 Å². The number of aliphatic hydroxyl groups excluding tert-OH is 1. The molecule has 0 unspecified atom stereocenters. The van der Waals surface area contributed by atoms with Gasteiger partial charge in [0.1, 0.15) is 4.90 Å². The molecule has 0 bridgehead atoms. The van der Waals surface area contributed by atoms with Crippen LogP contribution in [0.2, 0.25) is 0 Å². The van der Waals surface area contributed by atoms with E-state index in [1.807, 2.05) is 0 Å². The maximum absolute atomic E-state index is 13.7. The van der Waals surface area contributed by atoms with Gasteiger partial charge in [0.05, 0.1) is 0 Å². The van der Waals surface area contributed by atoms with Gasteiger partial charge in [-0.3, -0.25) is 0 Å². The van der Waals surface area contributed by atoms with Crippen LogP contribution < -0.4 is 5.73 Å². The number of benzene rings is 1. The van der Waals surface area contributed by atoms with Gasteiger partial charge in [-0.25, -0.2) is 17.2 Å². The van der Waals surface area contributed by atoms with Crippen LogP contribution in [0, 0.1) is 17.6 Å². The molecule has 1 aliphatic heterocycles. The summed E-state index contributed by atoms with van der Waals surface area (Å²) in [5.41, 5.74) is 5.23. The van der Waals surface area contributed by atoms with E-state index in [1.54, 1.807) is 0 Å². The van der Waals surface area contributed by atoms with Gasteiger partial charge in [-0.05, 0) is 30.9 Å². The van der Waals surface area contributed by atoms with Crippen LogP contribution in [-0.4, -0.2) is 37.5 Å². The van der Waals surface area contributed by atoms with Gasteiger partial charge >= 0.3 is 0 Å². The van der Waals surface area contributed by atoms with Crippen molar-refractivity contribution in [2.24, 2.45) is 5.92 Å². The van der Waals surface area contributed by atoms with Gasteiger partial charge < -0.3 is 10.8 Å². The van der Waals surface area contributed by atoms with Crippen LogP contribution in [-0.2, 0) is 10.0 Å². The second-order valence-electron chi connectivity index (χ2n) is 4.84. The number of piperidine rings is 1. The highest BCUT2D eigenvalue weighted by molar-refractivity contribution is 7.89. The summed E-state index contributed by atoms with van der Waals surface area (Å²) in [6.45, 7) is 0.335. The molecule has 0 saturated carbocycles. The van der Waals surface area contributed by atoms with Crippen LogP contribution in [0.15, 0.2) is 17.0 Å². The average molecular weight is 306 g/mol. The molecule has 0 aromatic heterocycles. The van der Waals surface area contributed by atoms with Gasteiger partial charge in [-0.15, -0.1) is 0 Å². The second kappa shape index (κ2) is 5.63. The topological polar surface area (TPSA) is 83.6 Å². The third-order valence-electron chi connectivity index (χ3n) is 3.47. The van der Waals surface area contributed by atoms with E-state index >= 15 is 0 Å². The largest absolute Gasteiger partial charge is 0.399 e. The lowest BCUT2D eigenvalue weighted by atomic mass is 10.00. The summed E-state index contributed by atoms with van der Waals surface area (Å²) < 4.78 is 52.7. The van der Waals surface area contributed by atoms with Crippen molar-refractivity contribution in [2.75, 3.05) is 25.4 Å². The van der Waals surface area contributed by atoms with E-state index in [0.29, 0.717) is 12.8 Å². The zero-order valence-corrected chi connectivity index (χ0v) is 11.5. The number of rotatable bonds is 3. The molecular weight excluding hydrogens is 290 g/mol. The minimum atomic E-state index is -4.11. The zero-order chi connectivity index (χ0) is 14.9. The van der Waals surface area contributed by atoms with E-state index in [-0.39, 0.29) is 31.3 Å². The number of hydrogen-bond acceptors (Lipinski definition) is 4. The first kappa shape index (κ1) is 15.1. The van der Waals surface area contributed by atoms with E-state index in [2.05, 4.69) is 0 Å². The fraction of sp³-hybridized carbons (Fsp3) is 0.500. The molecule has 3 N–H and O–H groups in total. The summed E-state index contributed by atoms with van der Waals surface area (Å²) in [5, 5.41) is 9.02. The normalized spacial score (nSPS) is 18.4. The fourth-order valence-corrected chi connectivity index (χ4v) is 3.82. The van der Waals surface area contributed by atoms with Crippen molar-refractivity contribution in [3.05, 3.63) is 23.8 Å². The Bertz CT molecular complexity index is 599. The van der Waals surface area contributed by atoms with Gasteiger partial charge in [0.2, 0.25) is 10.0 Å². The van der Waals surface area contributed by atoms with Crippen molar-refractivity contribution in [3.8, 4) is 0 Å². The first-order valence-corrected chi connectivity index (χ1v) is 7.65. The third-order valence-corrected chi connectivity index (χ3v) is 5.36. The third kappa shape index (κ3) is 2.77. The Hall–Kier alpha value is -1.25. The Morgan fingerprint density at radius 2 is 1.90 bits per heavy atom. The molecule has 1 fully saturated rings. The molecule has 0 atom stereocenters. The molecule has 5 nitrogen and oxygen atoms in total. The molecule has 0 radical (unpaired) electrons. The predicted octanol–water partition coefficient (Wildman–Crippen LogP) is 0.940. The minimum absolute atomic E-state index is 0.00480. The number of hydrogen-bond donors (Lipinski definition) is 2. The summed E-state index contributed by atoms with van der Waals surface area (Å²) in [6.07, 6.45) is 0.976. The van der Waals surface area contributed by atoms with Crippen molar-refractivity contribution in [1.29, 1.82) is 0 Å². The molecular formula is C12H16F2N2O3S. The number of nitrogens with zero attached hydrogens (tertiary/aromatic N) is 1. The highest BCUT2D eigenvalue weighted by atomic mass is 32.2. The van der Waals surface area contributed by atoms with Crippen molar-refractivity contribution < 1.29 is 22.3 Å². The Morgan fingerprint density at radius 3 is 2.45 bits per heavy atom. The van der Waals surface area contributed by atoms with Crippen LogP contribution in [0.3, 0.4) is 0 Å². The molecule has 112 valence electrons. The maximum atomic E-state index is 13.7. The highest BCUT2D eigenvalue weighted by Gasteiger charge is 2.32. The molecule has 20 heavy (non-hydrogen) atoms. The fourth-order valence-electron chi connectivity index (χ4n) is 2.24. The molecule has 0 aliphatic carbocycles. The maximum Gasteiger partial charge on any atom is 0.246 e. The second-order valence-corrected chi connectivity index (χ2v) is 6.75. The van der Waals surface area contributed by atoms with E-state index in [9.17, 15) is 17.2 Å². The Balaban J connectivity index is 2.32. The lowest BCUT2D eigenvalue weighted by Gasteiger charge is -2.30. The highest BCUT2D eigenvalue weighted by Crippen LogP contribution is 2.27. The van der Waals surface area contributed by atoms with Crippen molar-refractivity contribution in [1.82, 2.24) is 4.31 Å². The van der Waals surface area contributed by atoms with E-state index in [0.717, 1.165) is 16.4 Å². The Labute approximate surface area is 116 Å². The molecule has 0 spiro atoms. The Kier molecular flexibility index (Phi) is 4.26. The van der Waals surface area contributed by atoms with Crippen LogP contribution in [0.5, 0.6) is 0 Å². The summed E-state index contributed by atoms with van der Waals surface area (Å²) in [6, 6.07) is 1.66. The number of anilines is 1. The number of sulfonamides is 1. The molecule has 1 saturated heterocycles. The molecule has 2 rings (SSSR count). The smallest absolute Gasteiger partial charge is 0.246 e. The van der Waals surface area contributed by atoms with E-state index in [4.69, 9.17) is 10.8 Å². The van der Waals surface area contributed by atoms with Gasteiger partial charge in [0.15, 0.2) is 11.6 Å².